The molecule has 1 aliphatic rings. The van der Waals surface area contributed by atoms with E-state index >= 15 is 0 Å². The van der Waals surface area contributed by atoms with Gasteiger partial charge in [-0.25, -0.2) is 0 Å². The first-order chi connectivity index (χ1) is 9.34. The van der Waals surface area contributed by atoms with Crippen LogP contribution in [0.2, 0.25) is 0 Å². The van der Waals surface area contributed by atoms with Gasteiger partial charge in [0.25, 0.3) is 5.91 Å². The fourth-order valence-corrected chi connectivity index (χ4v) is 2.96. The van der Waals surface area contributed by atoms with E-state index in [4.69, 9.17) is 0 Å². The smallest absolute Gasteiger partial charge is 0.272 e. The summed E-state index contributed by atoms with van der Waals surface area (Å²) in [5, 5.41) is 4.52. The van der Waals surface area contributed by atoms with Crippen molar-refractivity contribution in [2.45, 2.75) is 64.8 Å². The minimum absolute atomic E-state index is 0.0271. The minimum Gasteiger partial charge on any atom is -0.335 e. The Labute approximate surface area is 122 Å². The molecule has 0 unspecified atom stereocenters. The van der Waals surface area contributed by atoms with Crippen LogP contribution in [0.4, 0.5) is 0 Å². The van der Waals surface area contributed by atoms with Gasteiger partial charge < -0.3 is 4.90 Å². The summed E-state index contributed by atoms with van der Waals surface area (Å²) in [6, 6.07) is 2.38. The maximum absolute atomic E-state index is 12.8. The molecule has 0 bridgehead atoms. The van der Waals surface area contributed by atoms with Gasteiger partial charge in [0.2, 0.25) is 0 Å². The number of hydrogen-bond acceptors (Lipinski definition) is 2. The average molecular weight is 277 g/mol. The fraction of sp³-hybridized carbons (Fsp3) is 0.750. The van der Waals surface area contributed by atoms with Crippen molar-refractivity contribution in [2.75, 3.05) is 6.54 Å². The van der Waals surface area contributed by atoms with Gasteiger partial charge in [-0.2, -0.15) is 5.10 Å². The van der Waals surface area contributed by atoms with E-state index in [1.807, 2.05) is 18.0 Å². The molecule has 0 atom stereocenters. The van der Waals surface area contributed by atoms with Crippen molar-refractivity contribution < 1.29 is 4.79 Å². The van der Waals surface area contributed by atoms with E-state index in [-0.39, 0.29) is 11.3 Å². The highest BCUT2D eigenvalue weighted by atomic mass is 16.2. The molecule has 0 radical (unpaired) electrons. The highest BCUT2D eigenvalue weighted by molar-refractivity contribution is 5.93. The van der Waals surface area contributed by atoms with E-state index in [9.17, 15) is 4.79 Å². The van der Waals surface area contributed by atoms with E-state index in [2.05, 4.69) is 32.8 Å². The maximum Gasteiger partial charge on any atom is 0.272 e. The lowest BCUT2D eigenvalue weighted by Gasteiger charge is -2.27. The molecule has 0 N–H and O–H groups in total. The van der Waals surface area contributed by atoms with Crippen LogP contribution < -0.4 is 0 Å². The molecule has 1 aromatic rings. The molecule has 4 heteroatoms. The van der Waals surface area contributed by atoms with Gasteiger partial charge in [0.15, 0.2) is 0 Å². The van der Waals surface area contributed by atoms with Crippen molar-refractivity contribution >= 4 is 5.91 Å². The first-order valence-corrected chi connectivity index (χ1v) is 7.70. The molecule has 0 aromatic carbocycles. The van der Waals surface area contributed by atoms with Gasteiger partial charge in [-0.05, 0) is 25.8 Å². The molecule has 1 fully saturated rings. The molecule has 0 spiro atoms. The molecule has 1 amide bonds. The van der Waals surface area contributed by atoms with Crippen molar-refractivity contribution in [1.29, 1.82) is 0 Å². The molecule has 0 aliphatic heterocycles. The van der Waals surface area contributed by atoms with Crippen LogP contribution in [-0.2, 0) is 12.5 Å². The second kappa shape index (κ2) is 5.58. The Morgan fingerprint density at radius 1 is 1.40 bits per heavy atom. The normalized spacial score (nSPS) is 16.6. The van der Waals surface area contributed by atoms with Crippen LogP contribution in [0.15, 0.2) is 6.07 Å². The lowest BCUT2D eigenvalue weighted by Crippen LogP contribution is -2.39. The van der Waals surface area contributed by atoms with Gasteiger partial charge >= 0.3 is 0 Å². The summed E-state index contributed by atoms with van der Waals surface area (Å²) in [6.07, 6.45) is 4.77. The summed E-state index contributed by atoms with van der Waals surface area (Å²) in [6.45, 7) is 9.21. The zero-order chi connectivity index (χ0) is 14.9. The second-order valence-corrected chi connectivity index (χ2v) is 6.82. The van der Waals surface area contributed by atoms with E-state index in [0.29, 0.717) is 11.7 Å². The lowest BCUT2D eigenvalue weighted by molar-refractivity contribution is 0.0682. The van der Waals surface area contributed by atoms with Crippen LogP contribution in [0.5, 0.6) is 0 Å². The quantitative estimate of drug-likeness (QED) is 0.851. The third-order valence-electron chi connectivity index (χ3n) is 4.23. The summed E-state index contributed by atoms with van der Waals surface area (Å²) in [5.41, 5.74) is 1.66. The summed E-state index contributed by atoms with van der Waals surface area (Å²) in [5.74, 6) is 0.130. The Bertz CT molecular complexity index is 478. The van der Waals surface area contributed by atoms with Gasteiger partial charge in [0.1, 0.15) is 5.69 Å². The maximum atomic E-state index is 12.8. The van der Waals surface area contributed by atoms with E-state index in [1.54, 1.807) is 4.68 Å². The molecule has 0 saturated heterocycles. The minimum atomic E-state index is -0.0271. The average Bonchev–Trinajstić information content (AvgIpc) is 2.98. The molecule has 1 heterocycles. The molecular weight excluding hydrogens is 250 g/mol. The molecule has 2 rings (SSSR count). The Morgan fingerprint density at radius 2 is 2.00 bits per heavy atom. The number of carbonyl (C=O) groups excluding carboxylic acids is 1. The van der Waals surface area contributed by atoms with Crippen LogP contribution in [0.3, 0.4) is 0 Å². The van der Waals surface area contributed by atoms with Gasteiger partial charge in [-0.3, -0.25) is 9.48 Å². The Morgan fingerprint density at radius 3 is 2.45 bits per heavy atom. The molecule has 112 valence electrons. The van der Waals surface area contributed by atoms with Crippen molar-refractivity contribution in [1.82, 2.24) is 14.7 Å². The molecule has 1 aliphatic carbocycles. The first kappa shape index (κ1) is 15.1. The monoisotopic (exact) mass is 277 g/mol. The van der Waals surface area contributed by atoms with Gasteiger partial charge in [-0.1, -0.05) is 33.6 Å². The standard InChI is InChI=1S/C16H27N3O/c1-6-19(12-9-7-8-10-12)15(20)13-11-14(16(2,3)4)17-18(13)5/h11-12H,6-10H2,1-5H3. The Balaban J connectivity index is 2.25. The number of rotatable bonds is 3. The highest BCUT2D eigenvalue weighted by Gasteiger charge is 2.29. The summed E-state index contributed by atoms with van der Waals surface area (Å²) < 4.78 is 1.74. The summed E-state index contributed by atoms with van der Waals surface area (Å²) in [7, 11) is 1.87. The predicted octanol–water partition coefficient (Wildman–Crippen LogP) is 3.12. The fourth-order valence-electron chi connectivity index (χ4n) is 2.96. The van der Waals surface area contributed by atoms with Crippen LogP contribution in [0, 0.1) is 0 Å². The van der Waals surface area contributed by atoms with Gasteiger partial charge in [-0.15, -0.1) is 0 Å². The largest absolute Gasteiger partial charge is 0.335 e. The Kier molecular flexibility index (Phi) is 4.21. The third-order valence-corrected chi connectivity index (χ3v) is 4.23. The molecule has 4 nitrogen and oxygen atoms in total. The van der Waals surface area contributed by atoms with Crippen molar-refractivity contribution in [3.63, 3.8) is 0 Å². The summed E-state index contributed by atoms with van der Waals surface area (Å²) in [4.78, 5) is 14.8. The molecule has 20 heavy (non-hydrogen) atoms. The second-order valence-electron chi connectivity index (χ2n) is 6.82. The van der Waals surface area contributed by atoms with Crippen molar-refractivity contribution in [3.05, 3.63) is 17.5 Å². The topological polar surface area (TPSA) is 38.1 Å². The molecule has 1 aromatic heterocycles. The number of aromatic nitrogens is 2. The van der Waals surface area contributed by atoms with Gasteiger partial charge in [0, 0.05) is 25.0 Å². The number of carbonyl (C=O) groups is 1. The molecule has 1 saturated carbocycles. The van der Waals surface area contributed by atoms with Crippen LogP contribution in [0.25, 0.3) is 0 Å². The van der Waals surface area contributed by atoms with E-state index in [0.717, 1.165) is 25.1 Å². The number of nitrogens with zero attached hydrogens (tertiary/aromatic N) is 3. The van der Waals surface area contributed by atoms with Crippen LogP contribution in [-0.4, -0.2) is 33.2 Å². The first-order valence-electron chi connectivity index (χ1n) is 7.70. The van der Waals surface area contributed by atoms with E-state index < -0.39 is 0 Å². The zero-order valence-electron chi connectivity index (χ0n) is 13.4. The predicted molar refractivity (Wildman–Crippen MR) is 80.9 cm³/mol. The summed E-state index contributed by atoms with van der Waals surface area (Å²) >= 11 is 0. The van der Waals surface area contributed by atoms with E-state index in [1.165, 1.54) is 12.8 Å². The third kappa shape index (κ3) is 2.89. The number of hydrogen-bond donors (Lipinski definition) is 0. The highest BCUT2D eigenvalue weighted by Crippen LogP contribution is 2.26. The van der Waals surface area contributed by atoms with Crippen LogP contribution in [0.1, 0.15) is 69.6 Å². The zero-order valence-corrected chi connectivity index (χ0v) is 13.4. The van der Waals surface area contributed by atoms with Crippen molar-refractivity contribution in [2.24, 2.45) is 7.05 Å². The number of aryl methyl sites for hydroxylation is 1. The Hall–Kier alpha value is -1.32. The van der Waals surface area contributed by atoms with Gasteiger partial charge in [0.05, 0.1) is 5.69 Å². The lowest BCUT2D eigenvalue weighted by atomic mass is 9.92. The number of amides is 1. The van der Waals surface area contributed by atoms with Crippen LogP contribution >= 0.6 is 0 Å². The van der Waals surface area contributed by atoms with Crippen molar-refractivity contribution in [3.8, 4) is 0 Å². The molecular formula is C16H27N3O. The SMILES string of the molecule is CCN(C(=O)c1cc(C(C)(C)C)nn1C)C1CCCC1.